The van der Waals surface area contributed by atoms with Crippen molar-refractivity contribution in [2.24, 2.45) is 0 Å². The molecule has 1 aromatic heterocycles. The topological polar surface area (TPSA) is 71.1 Å². The van der Waals surface area contributed by atoms with Crippen LogP contribution >= 0.6 is 0 Å². The first kappa shape index (κ1) is 18.7. The summed E-state index contributed by atoms with van der Waals surface area (Å²) in [5.41, 5.74) is 2.56. The Bertz CT molecular complexity index is 840. The summed E-state index contributed by atoms with van der Waals surface area (Å²) in [5, 5.41) is 3.52. The van der Waals surface area contributed by atoms with E-state index in [0.29, 0.717) is 16.8 Å². The number of nitrogens with zero attached hydrogens (tertiary/aromatic N) is 1. The van der Waals surface area contributed by atoms with Crippen LogP contribution in [0.1, 0.15) is 49.7 Å². The fourth-order valence-electron chi connectivity index (χ4n) is 3.39. The van der Waals surface area contributed by atoms with Gasteiger partial charge in [0.15, 0.2) is 0 Å². The second-order valence-corrected chi connectivity index (χ2v) is 8.79. The lowest BCUT2D eigenvalue weighted by Gasteiger charge is -2.17. The van der Waals surface area contributed by atoms with Crippen molar-refractivity contribution >= 4 is 21.5 Å². The van der Waals surface area contributed by atoms with E-state index in [1.165, 1.54) is 38.5 Å². The van der Waals surface area contributed by atoms with Crippen LogP contribution in [0.15, 0.2) is 41.4 Å². The van der Waals surface area contributed by atoms with Crippen molar-refractivity contribution in [3.05, 3.63) is 47.7 Å². The SMILES string of the molecule is Cc1ccc(C)c(S(=O)(=O)Nc2ccc(NC3CCCCCC3)cn2)c1. The zero-order chi connectivity index (χ0) is 18.6. The molecule has 1 saturated carbocycles. The Balaban J connectivity index is 1.69. The summed E-state index contributed by atoms with van der Waals surface area (Å²) >= 11 is 0. The molecule has 0 bridgehead atoms. The Labute approximate surface area is 156 Å². The highest BCUT2D eigenvalue weighted by atomic mass is 32.2. The lowest BCUT2D eigenvalue weighted by Crippen LogP contribution is -2.19. The maximum absolute atomic E-state index is 12.6. The van der Waals surface area contributed by atoms with Crippen LogP contribution in [0.2, 0.25) is 0 Å². The van der Waals surface area contributed by atoms with E-state index in [1.807, 2.05) is 25.1 Å². The van der Waals surface area contributed by atoms with Crippen molar-refractivity contribution < 1.29 is 8.42 Å². The zero-order valence-corrected chi connectivity index (χ0v) is 16.3. The molecular weight excluding hydrogens is 346 g/mol. The van der Waals surface area contributed by atoms with Gasteiger partial charge in [-0.3, -0.25) is 4.72 Å². The third-order valence-corrected chi connectivity index (χ3v) is 6.36. The molecule has 6 heteroatoms. The van der Waals surface area contributed by atoms with Gasteiger partial charge in [0, 0.05) is 6.04 Å². The fraction of sp³-hybridized carbons (Fsp3) is 0.450. The van der Waals surface area contributed by atoms with E-state index in [9.17, 15) is 8.42 Å². The molecule has 0 aliphatic heterocycles. The summed E-state index contributed by atoms with van der Waals surface area (Å²) < 4.78 is 27.9. The van der Waals surface area contributed by atoms with Crippen molar-refractivity contribution in [1.82, 2.24) is 4.98 Å². The van der Waals surface area contributed by atoms with Gasteiger partial charge in [0.2, 0.25) is 0 Å². The van der Waals surface area contributed by atoms with Gasteiger partial charge in [-0.1, -0.05) is 37.8 Å². The van der Waals surface area contributed by atoms with Gasteiger partial charge < -0.3 is 5.32 Å². The van der Waals surface area contributed by atoms with Crippen molar-refractivity contribution in [3.8, 4) is 0 Å². The van der Waals surface area contributed by atoms with Crippen LogP contribution in [-0.2, 0) is 10.0 Å². The first-order valence-corrected chi connectivity index (χ1v) is 10.7. The van der Waals surface area contributed by atoms with E-state index in [4.69, 9.17) is 0 Å². The summed E-state index contributed by atoms with van der Waals surface area (Å²) in [6.45, 7) is 3.67. The van der Waals surface area contributed by atoms with Crippen molar-refractivity contribution in [3.63, 3.8) is 0 Å². The number of aryl methyl sites for hydroxylation is 2. The van der Waals surface area contributed by atoms with Crippen LogP contribution in [0.25, 0.3) is 0 Å². The Hall–Kier alpha value is -2.08. The molecule has 0 radical (unpaired) electrons. The molecule has 1 fully saturated rings. The molecule has 2 aromatic rings. The van der Waals surface area contributed by atoms with Crippen LogP contribution in [0.5, 0.6) is 0 Å². The highest BCUT2D eigenvalue weighted by Gasteiger charge is 2.18. The van der Waals surface area contributed by atoms with Gasteiger partial charge in [-0.2, -0.15) is 0 Å². The van der Waals surface area contributed by atoms with E-state index < -0.39 is 10.0 Å². The second-order valence-electron chi connectivity index (χ2n) is 7.14. The van der Waals surface area contributed by atoms with Gasteiger partial charge in [-0.25, -0.2) is 13.4 Å². The third kappa shape index (κ3) is 4.75. The zero-order valence-electron chi connectivity index (χ0n) is 15.5. The Kier molecular flexibility index (Phi) is 5.81. The van der Waals surface area contributed by atoms with Crippen molar-refractivity contribution in [1.29, 1.82) is 0 Å². The minimum Gasteiger partial charge on any atom is -0.381 e. The molecule has 1 heterocycles. The van der Waals surface area contributed by atoms with Crippen LogP contribution in [0, 0.1) is 13.8 Å². The Morgan fingerprint density at radius 2 is 1.73 bits per heavy atom. The predicted molar refractivity (Wildman–Crippen MR) is 106 cm³/mol. The van der Waals surface area contributed by atoms with Gasteiger partial charge in [0.05, 0.1) is 16.8 Å². The number of hydrogen-bond donors (Lipinski definition) is 2. The number of pyridine rings is 1. The number of anilines is 2. The van der Waals surface area contributed by atoms with Gasteiger partial charge in [0.1, 0.15) is 5.82 Å². The molecule has 0 spiro atoms. The quantitative estimate of drug-likeness (QED) is 0.749. The summed E-state index contributed by atoms with van der Waals surface area (Å²) in [6.07, 6.45) is 9.22. The summed E-state index contributed by atoms with van der Waals surface area (Å²) in [6, 6.07) is 9.48. The summed E-state index contributed by atoms with van der Waals surface area (Å²) in [7, 11) is -3.64. The van der Waals surface area contributed by atoms with Crippen molar-refractivity contribution in [2.75, 3.05) is 10.0 Å². The monoisotopic (exact) mass is 373 g/mol. The molecule has 1 aliphatic carbocycles. The Morgan fingerprint density at radius 3 is 2.38 bits per heavy atom. The fourth-order valence-corrected chi connectivity index (χ4v) is 4.73. The minimum atomic E-state index is -3.64. The molecule has 2 N–H and O–H groups in total. The van der Waals surface area contributed by atoms with E-state index in [-0.39, 0.29) is 0 Å². The lowest BCUT2D eigenvalue weighted by molar-refractivity contribution is 0.600. The molecule has 0 unspecified atom stereocenters. The maximum Gasteiger partial charge on any atom is 0.263 e. The molecule has 0 amide bonds. The molecule has 26 heavy (non-hydrogen) atoms. The van der Waals surface area contributed by atoms with Gasteiger partial charge in [0.25, 0.3) is 10.0 Å². The molecule has 5 nitrogen and oxygen atoms in total. The van der Waals surface area contributed by atoms with Gasteiger partial charge in [-0.15, -0.1) is 0 Å². The van der Waals surface area contributed by atoms with Crippen LogP contribution in [0.4, 0.5) is 11.5 Å². The maximum atomic E-state index is 12.6. The molecule has 1 aliphatic rings. The highest BCUT2D eigenvalue weighted by Crippen LogP contribution is 2.23. The van der Waals surface area contributed by atoms with E-state index in [0.717, 1.165) is 16.8 Å². The van der Waals surface area contributed by atoms with E-state index in [2.05, 4.69) is 15.0 Å². The average Bonchev–Trinajstić information content (AvgIpc) is 2.87. The molecule has 140 valence electrons. The second kappa shape index (κ2) is 8.08. The van der Waals surface area contributed by atoms with Crippen LogP contribution < -0.4 is 10.0 Å². The normalized spacial score (nSPS) is 16.1. The molecular formula is C20H27N3O2S. The molecule has 0 atom stereocenters. The van der Waals surface area contributed by atoms with Crippen molar-refractivity contribution in [2.45, 2.75) is 63.3 Å². The summed E-state index contributed by atoms with van der Waals surface area (Å²) in [5.74, 6) is 0.331. The first-order valence-electron chi connectivity index (χ1n) is 9.27. The van der Waals surface area contributed by atoms with E-state index in [1.54, 1.807) is 25.3 Å². The summed E-state index contributed by atoms with van der Waals surface area (Å²) in [4.78, 5) is 4.57. The number of sulfonamides is 1. The first-order chi connectivity index (χ1) is 12.4. The van der Waals surface area contributed by atoms with E-state index >= 15 is 0 Å². The van der Waals surface area contributed by atoms with Crippen LogP contribution in [-0.4, -0.2) is 19.4 Å². The van der Waals surface area contributed by atoms with Gasteiger partial charge in [-0.05, 0) is 56.0 Å². The van der Waals surface area contributed by atoms with Crippen LogP contribution in [0.3, 0.4) is 0 Å². The number of benzene rings is 1. The third-order valence-electron chi connectivity index (χ3n) is 4.86. The molecule has 1 aromatic carbocycles. The number of hydrogen-bond acceptors (Lipinski definition) is 4. The smallest absolute Gasteiger partial charge is 0.263 e. The largest absolute Gasteiger partial charge is 0.381 e. The molecule has 0 saturated heterocycles. The number of nitrogens with one attached hydrogen (secondary N) is 2. The minimum absolute atomic E-state index is 0.292. The molecule has 3 rings (SSSR count). The van der Waals surface area contributed by atoms with Gasteiger partial charge >= 0.3 is 0 Å². The average molecular weight is 374 g/mol. The lowest BCUT2D eigenvalue weighted by atomic mass is 10.1. The number of rotatable bonds is 5. The standard InChI is InChI=1S/C20H27N3O2S/c1-15-9-10-16(2)19(13-15)26(24,25)23-20-12-11-18(14-21-20)22-17-7-5-3-4-6-8-17/h9-14,17,22H,3-8H2,1-2H3,(H,21,23). The Morgan fingerprint density at radius 1 is 1.00 bits per heavy atom. The predicted octanol–water partition coefficient (Wildman–Crippen LogP) is 4.63. The number of aromatic nitrogens is 1. The highest BCUT2D eigenvalue weighted by molar-refractivity contribution is 7.92.